The average molecular weight is 363 g/mol. The lowest BCUT2D eigenvalue weighted by molar-refractivity contribution is -0.118. The van der Waals surface area contributed by atoms with Crippen molar-refractivity contribution in [2.24, 2.45) is 11.7 Å². The molecule has 2 atom stereocenters. The molecule has 0 bridgehead atoms. The highest BCUT2D eigenvalue weighted by Crippen LogP contribution is 2.37. The molecule has 24 heavy (non-hydrogen) atoms. The molecule has 0 saturated carbocycles. The minimum atomic E-state index is -0.339. The van der Waals surface area contributed by atoms with Crippen molar-refractivity contribution < 1.29 is 4.79 Å². The van der Waals surface area contributed by atoms with Crippen LogP contribution < -0.4 is 11.1 Å². The van der Waals surface area contributed by atoms with Gasteiger partial charge in [-0.25, -0.2) is 0 Å². The first kappa shape index (κ1) is 18.6. The van der Waals surface area contributed by atoms with Crippen molar-refractivity contribution in [1.82, 2.24) is 4.90 Å². The number of carbonyl (C=O) groups is 1. The third-order valence-electron chi connectivity index (χ3n) is 4.05. The number of anilines is 1. The summed E-state index contributed by atoms with van der Waals surface area (Å²) in [5.74, 6) is 3.72. The van der Waals surface area contributed by atoms with Crippen LogP contribution in [0.4, 0.5) is 5.69 Å². The van der Waals surface area contributed by atoms with Crippen LogP contribution in [0.1, 0.15) is 17.5 Å². The molecule has 0 radical (unpaired) electrons. The van der Waals surface area contributed by atoms with Gasteiger partial charge in [0.1, 0.15) is 6.07 Å². The SMILES string of the molecule is C=S=C1c2c(ccc(SC)c2C#N)NC(CC(N)=O)C1CN(C)C. The molecule has 2 unspecified atom stereocenters. The van der Waals surface area contributed by atoms with Crippen molar-refractivity contribution in [1.29, 1.82) is 5.26 Å². The van der Waals surface area contributed by atoms with E-state index in [0.717, 1.165) is 27.6 Å². The van der Waals surface area contributed by atoms with Crippen molar-refractivity contribution >= 4 is 45.0 Å². The van der Waals surface area contributed by atoms with Crippen LogP contribution in [0.15, 0.2) is 17.0 Å². The fraction of sp³-hybridized carbons (Fsp3) is 0.412. The first-order chi connectivity index (χ1) is 11.4. The lowest BCUT2D eigenvalue weighted by Gasteiger charge is -2.37. The smallest absolute Gasteiger partial charge is 0.219 e. The van der Waals surface area contributed by atoms with Gasteiger partial charge in [-0.2, -0.15) is 16.2 Å². The molecular formula is C17H22N4OS2. The second-order valence-electron chi connectivity index (χ2n) is 5.98. The molecule has 0 fully saturated rings. The number of hydrogen-bond acceptors (Lipinski definition) is 5. The summed E-state index contributed by atoms with van der Waals surface area (Å²) in [6, 6.07) is 6.15. The van der Waals surface area contributed by atoms with Crippen LogP contribution in [-0.2, 0) is 4.79 Å². The van der Waals surface area contributed by atoms with Crippen molar-refractivity contribution in [3.05, 3.63) is 23.3 Å². The second-order valence-corrected chi connectivity index (χ2v) is 7.55. The van der Waals surface area contributed by atoms with E-state index in [1.165, 1.54) is 10.9 Å². The summed E-state index contributed by atoms with van der Waals surface area (Å²) < 4.78 is 0. The van der Waals surface area contributed by atoms with Gasteiger partial charge in [-0.05, 0) is 38.4 Å². The first-order valence-electron chi connectivity index (χ1n) is 7.52. The second kappa shape index (κ2) is 7.88. The van der Waals surface area contributed by atoms with E-state index in [0.29, 0.717) is 5.56 Å². The molecule has 7 heteroatoms. The van der Waals surface area contributed by atoms with Crippen LogP contribution in [0.25, 0.3) is 0 Å². The van der Waals surface area contributed by atoms with Gasteiger partial charge in [0.05, 0.1) is 5.56 Å². The molecule has 0 spiro atoms. The maximum absolute atomic E-state index is 11.5. The Labute approximate surface area is 150 Å². The molecule has 1 aliphatic rings. The number of nitrogens with two attached hydrogens (primary N) is 1. The first-order valence-corrected chi connectivity index (χ1v) is 9.73. The predicted molar refractivity (Wildman–Crippen MR) is 105 cm³/mol. The number of benzene rings is 1. The van der Waals surface area contributed by atoms with Crippen molar-refractivity contribution in [3.63, 3.8) is 0 Å². The molecule has 0 aromatic heterocycles. The van der Waals surface area contributed by atoms with Crippen molar-refractivity contribution in [3.8, 4) is 6.07 Å². The molecule has 1 aromatic rings. The Morgan fingerprint density at radius 1 is 1.50 bits per heavy atom. The van der Waals surface area contributed by atoms with Gasteiger partial charge in [0.25, 0.3) is 0 Å². The summed E-state index contributed by atoms with van der Waals surface area (Å²) in [4.78, 5) is 15.6. The van der Waals surface area contributed by atoms with Crippen LogP contribution in [0.5, 0.6) is 0 Å². The maximum atomic E-state index is 11.5. The van der Waals surface area contributed by atoms with Gasteiger partial charge in [-0.3, -0.25) is 4.79 Å². The average Bonchev–Trinajstić information content (AvgIpc) is 2.53. The van der Waals surface area contributed by atoms with Gasteiger partial charge >= 0.3 is 0 Å². The van der Waals surface area contributed by atoms with Crippen molar-refractivity contribution in [2.75, 3.05) is 32.2 Å². The highest BCUT2D eigenvalue weighted by atomic mass is 32.2. The highest BCUT2D eigenvalue weighted by Gasteiger charge is 2.35. The Balaban J connectivity index is 2.64. The van der Waals surface area contributed by atoms with E-state index in [1.54, 1.807) is 11.8 Å². The van der Waals surface area contributed by atoms with Gasteiger partial charge in [-0.15, -0.1) is 11.8 Å². The summed E-state index contributed by atoms with van der Waals surface area (Å²) in [6.07, 6.45) is 2.21. The Morgan fingerprint density at radius 3 is 2.71 bits per heavy atom. The number of rotatable bonds is 5. The molecule has 0 aliphatic carbocycles. The van der Waals surface area contributed by atoms with E-state index < -0.39 is 0 Å². The number of nitrogens with one attached hydrogen (secondary N) is 1. The van der Waals surface area contributed by atoms with E-state index in [-0.39, 0.29) is 24.3 Å². The van der Waals surface area contributed by atoms with Gasteiger partial charge in [0.2, 0.25) is 5.91 Å². The lowest BCUT2D eigenvalue weighted by Crippen LogP contribution is -2.46. The minimum absolute atomic E-state index is 0.0479. The zero-order chi connectivity index (χ0) is 17.9. The standard InChI is InChI=1S/C17H22N4OS2/c1-21(2)9-11-13(7-15(19)22)20-12-5-6-14(23-3)10(8-18)16(12)17(11)24-4/h5-6,11,13,20H,4,7,9H2,1-3H3,(H2,19,22). The summed E-state index contributed by atoms with van der Waals surface area (Å²) >= 11 is 1.55. The zero-order valence-electron chi connectivity index (χ0n) is 14.1. The van der Waals surface area contributed by atoms with E-state index in [4.69, 9.17) is 5.73 Å². The van der Waals surface area contributed by atoms with E-state index in [9.17, 15) is 10.1 Å². The molecule has 1 aliphatic heterocycles. The van der Waals surface area contributed by atoms with Gasteiger partial charge < -0.3 is 16.0 Å². The molecule has 2 rings (SSSR count). The Bertz CT molecular complexity index is 748. The Morgan fingerprint density at radius 2 is 2.21 bits per heavy atom. The van der Waals surface area contributed by atoms with Crippen LogP contribution >= 0.6 is 22.7 Å². The predicted octanol–water partition coefficient (Wildman–Crippen LogP) is 1.81. The van der Waals surface area contributed by atoms with Crippen LogP contribution in [0.2, 0.25) is 0 Å². The molecule has 5 nitrogen and oxygen atoms in total. The number of nitrogens with zero attached hydrogens (tertiary/aromatic N) is 2. The van der Waals surface area contributed by atoms with Gasteiger partial charge in [0.15, 0.2) is 0 Å². The van der Waals surface area contributed by atoms with E-state index in [1.807, 2.05) is 32.5 Å². The summed E-state index contributed by atoms with van der Waals surface area (Å²) in [5.41, 5.74) is 7.90. The molecule has 1 aromatic carbocycles. The molecule has 0 saturated heterocycles. The van der Waals surface area contributed by atoms with E-state index in [2.05, 4.69) is 22.2 Å². The number of primary amides is 1. The summed E-state index contributed by atoms with van der Waals surface area (Å²) in [5, 5.41) is 13.1. The van der Waals surface area contributed by atoms with Crippen molar-refractivity contribution in [2.45, 2.75) is 17.4 Å². The maximum Gasteiger partial charge on any atom is 0.219 e. The fourth-order valence-corrected chi connectivity index (χ4v) is 4.47. The monoisotopic (exact) mass is 362 g/mol. The summed E-state index contributed by atoms with van der Waals surface area (Å²) in [6.45, 7) is 0.747. The molecule has 1 amide bonds. The van der Waals surface area contributed by atoms with Gasteiger partial charge in [-0.1, -0.05) is 0 Å². The lowest BCUT2D eigenvalue weighted by atomic mass is 9.83. The molecular weight excluding hydrogens is 340 g/mol. The van der Waals surface area contributed by atoms with Crippen LogP contribution in [-0.4, -0.2) is 54.5 Å². The number of amides is 1. The minimum Gasteiger partial charge on any atom is -0.381 e. The molecule has 128 valence electrons. The topological polar surface area (TPSA) is 82.1 Å². The number of carbonyl (C=O) groups excluding carboxylic acids is 1. The zero-order valence-corrected chi connectivity index (χ0v) is 15.8. The van der Waals surface area contributed by atoms with Gasteiger partial charge in [0, 0.05) is 45.9 Å². The largest absolute Gasteiger partial charge is 0.381 e. The third-order valence-corrected chi connectivity index (χ3v) is 5.64. The number of hydrogen-bond donors (Lipinski definition) is 2. The normalized spacial score (nSPS) is 19.4. The van der Waals surface area contributed by atoms with E-state index >= 15 is 0 Å². The number of thioether (sulfide) groups is 1. The molecule has 3 N–H and O–H groups in total. The quantitative estimate of drug-likeness (QED) is 0.617. The molecule has 1 heterocycles. The number of nitriles is 1. The summed E-state index contributed by atoms with van der Waals surface area (Å²) in [7, 11) is 5.39. The Kier molecular flexibility index (Phi) is 6.10. The third kappa shape index (κ3) is 3.66. The Hall–Kier alpha value is -1.75. The van der Waals surface area contributed by atoms with Crippen LogP contribution in [0.3, 0.4) is 0 Å². The van der Waals surface area contributed by atoms with Crippen LogP contribution in [0, 0.1) is 17.2 Å². The fourth-order valence-electron chi connectivity index (χ4n) is 3.10. The highest BCUT2D eigenvalue weighted by molar-refractivity contribution is 7.98. The number of fused-ring (bicyclic) bond motifs is 1.